The lowest BCUT2D eigenvalue weighted by atomic mass is 9.94. The van der Waals surface area contributed by atoms with Crippen LogP contribution in [-0.2, 0) is 6.42 Å². The van der Waals surface area contributed by atoms with Crippen LogP contribution < -0.4 is 4.90 Å². The highest BCUT2D eigenvalue weighted by molar-refractivity contribution is 6.21. The number of imide groups is 1. The average molecular weight is 389 g/mol. The summed E-state index contributed by atoms with van der Waals surface area (Å²) in [5, 5.41) is 0. The van der Waals surface area contributed by atoms with E-state index in [4.69, 9.17) is 0 Å². The van der Waals surface area contributed by atoms with Gasteiger partial charge in [-0.1, -0.05) is 30.3 Å². The van der Waals surface area contributed by atoms with Crippen LogP contribution in [0.4, 0.5) is 5.69 Å². The Bertz CT molecular complexity index is 906. The number of hydrogen-bond donors (Lipinski definition) is 0. The predicted molar refractivity (Wildman–Crippen MR) is 113 cm³/mol. The molecule has 1 unspecified atom stereocenters. The first-order valence-electron chi connectivity index (χ1n) is 10.7. The quantitative estimate of drug-likeness (QED) is 0.582. The number of fused-ring (bicyclic) bond motifs is 4. The van der Waals surface area contributed by atoms with Gasteiger partial charge in [-0.2, -0.15) is 0 Å². The number of aryl methyl sites for hydroxylation is 1. The zero-order valence-electron chi connectivity index (χ0n) is 16.7. The van der Waals surface area contributed by atoms with E-state index in [2.05, 4.69) is 34.1 Å². The molecule has 1 fully saturated rings. The normalized spacial score (nSPS) is 21.2. The third-order valence-electron chi connectivity index (χ3n) is 6.60. The van der Waals surface area contributed by atoms with Gasteiger partial charge in [0.05, 0.1) is 11.1 Å². The highest BCUT2D eigenvalue weighted by Crippen LogP contribution is 2.32. The molecule has 5 nitrogen and oxygen atoms in total. The highest BCUT2D eigenvalue weighted by Gasteiger charge is 2.35. The van der Waals surface area contributed by atoms with E-state index in [0.717, 1.165) is 39.0 Å². The van der Waals surface area contributed by atoms with Gasteiger partial charge in [0.25, 0.3) is 11.8 Å². The molecule has 2 amide bonds. The molecule has 29 heavy (non-hydrogen) atoms. The molecule has 150 valence electrons. The van der Waals surface area contributed by atoms with Gasteiger partial charge in [0.1, 0.15) is 0 Å². The minimum absolute atomic E-state index is 0.139. The molecule has 5 rings (SSSR count). The average Bonchev–Trinajstić information content (AvgIpc) is 3.01. The van der Waals surface area contributed by atoms with Crippen LogP contribution in [0.25, 0.3) is 0 Å². The fourth-order valence-corrected chi connectivity index (χ4v) is 5.06. The molecule has 3 heterocycles. The smallest absolute Gasteiger partial charge is 0.261 e. The van der Waals surface area contributed by atoms with Crippen molar-refractivity contribution in [3.8, 4) is 0 Å². The molecule has 0 aliphatic carbocycles. The van der Waals surface area contributed by atoms with Crippen molar-refractivity contribution in [2.45, 2.75) is 31.7 Å². The van der Waals surface area contributed by atoms with E-state index < -0.39 is 0 Å². The summed E-state index contributed by atoms with van der Waals surface area (Å²) in [5.74, 6) is -0.278. The molecule has 0 aromatic heterocycles. The third kappa shape index (κ3) is 3.33. The number of anilines is 1. The minimum atomic E-state index is -0.139. The molecule has 1 atom stereocenters. The van der Waals surface area contributed by atoms with Crippen molar-refractivity contribution < 1.29 is 9.59 Å². The Labute approximate surface area is 171 Å². The van der Waals surface area contributed by atoms with E-state index in [0.29, 0.717) is 23.7 Å². The van der Waals surface area contributed by atoms with Gasteiger partial charge in [-0.25, -0.2) is 0 Å². The number of para-hydroxylation sites is 1. The second-order valence-corrected chi connectivity index (χ2v) is 8.33. The lowest BCUT2D eigenvalue weighted by molar-refractivity contribution is 0.0650. The fourth-order valence-electron chi connectivity index (χ4n) is 5.06. The first-order valence-corrected chi connectivity index (χ1v) is 10.7. The van der Waals surface area contributed by atoms with Gasteiger partial charge >= 0.3 is 0 Å². The van der Waals surface area contributed by atoms with Crippen LogP contribution in [0.2, 0.25) is 0 Å². The number of unbranched alkanes of at least 4 members (excludes halogenated alkanes) is 1. The van der Waals surface area contributed by atoms with Gasteiger partial charge in [-0.05, 0) is 56.0 Å². The first kappa shape index (κ1) is 18.4. The minimum Gasteiger partial charge on any atom is -0.366 e. The number of piperazine rings is 1. The van der Waals surface area contributed by atoms with Gasteiger partial charge in [0.2, 0.25) is 0 Å². The van der Waals surface area contributed by atoms with Crippen molar-refractivity contribution >= 4 is 17.5 Å². The molecule has 0 N–H and O–H groups in total. The monoisotopic (exact) mass is 389 g/mol. The molecule has 0 saturated carbocycles. The predicted octanol–water partition coefficient (Wildman–Crippen LogP) is 3.20. The lowest BCUT2D eigenvalue weighted by Crippen LogP contribution is -2.55. The van der Waals surface area contributed by atoms with Crippen molar-refractivity contribution in [1.82, 2.24) is 9.80 Å². The summed E-state index contributed by atoms with van der Waals surface area (Å²) in [6.45, 7) is 4.83. The van der Waals surface area contributed by atoms with Crippen LogP contribution in [0.1, 0.15) is 45.5 Å². The third-order valence-corrected chi connectivity index (χ3v) is 6.60. The van der Waals surface area contributed by atoms with E-state index in [1.165, 1.54) is 29.0 Å². The van der Waals surface area contributed by atoms with Crippen LogP contribution in [0, 0.1) is 0 Å². The van der Waals surface area contributed by atoms with E-state index in [-0.39, 0.29) is 11.8 Å². The Morgan fingerprint density at radius 1 is 0.828 bits per heavy atom. The van der Waals surface area contributed by atoms with Crippen LogP contribution >= 0.6 is 0 Å². The topological polar surface area (TPSA) is 43.9 Å². The van der Waals surface area contributed by atoms with Gasteiger partial charge in [-0.3, -0.25) is 19.4 Å². The number of benzene rings is 2. The summed E-state index contributed by atoms with van der Waals surface area (Å²) < 4.78 is 0. The van der Waals surface area contributed by atoms with Gasteiger partial charge in [0.15, 0.2) is 0 Å². The maximum absolute atomic E-state index is 12.5. The highest BCUT2D eigenvalue weighted by atomic mass is 16.2. The zero-order chi connectivity index (χ0) is 19.8. The van der Waals surface area contributed by atoms with E-state index in [1.54, 1.807) is 12.1 Å². The van der Waals surface area contributed by atoms with Gasteiger partial charge in [-0.15, -0.1) is 0 Å². The molecule has 5 heteroatoms. The molecule has 0 radical (unpaired) electrons. The Kier molecular flexibility index (Phi) is 4.84. The second-order valence-electron chi connectivity index (χ2n) is 8.33. The van der Waals surface area contributed by atoms with Crippen molar-refractivity contribution in [2.75, 3.05) is 37.6 Å². The van der Waals surface area contributed by atoms with Crippen LogP contribution in [0.15, 0.2) is 48.5 Å². The SMILES string of the molecule is O=C1c2ccccc2C(=O)N1CCCCN1CCN2c3ccccc3CCC2C1. The molecule has 0 spiro atoms. The summed E-state index contributed by atoms with van der Waals surface area (Å²) in [5.41, 5.74) is 4.00. The largest absolute Gasteiger partial charge is 0.366 e. The summed E-state index contributed by atoms with van der Waals surface area (Å²) in [6.07, 6.45) is 4.27. The number of carbonyl (C=O) groups is 2. The van der Waals surface area contributed by atoms with Crippen LogP contribution in [0.3, 0.4) is 0 Å². The Balaban J connectivity index is 1.11. The van der Waals surface area contributed by atoms with E-state index >= 15 is 0 Å². The summed E-state index contributed by atoms with van der Waals surface area (Å²) in [4.78, 5) is 31.5. The van der Waals surface area contributed by atoms with Crippen molar-refractivity contribution in [1.29, 1.82) is 0 Å². The van der Waals surface area contributed by atoms with Crippen LogP contribution in [-0.4, -0.2) is 60.4 Å². The summed E-state index contributed by atoms with van der Waals surface area (Å²) in [7, 11) is 0. The summed E-state index contributed by atoms with van der Waals surface area (Å²) in [6, 6.07) is 16.5. The molecule has 3 aliphatic rings. The zero-order valence-corrected chi connectivity index (χ0v) is 16.7. The van der Waals surface area contributed by atoms with Crippen molar-refractivity contribution in [2.24, 2.45) is 0 Å². The van der Waals surface area contributed by atoms with Crippen molar-refractivity contribution in [3.63, 3.8) is 0 Å². The van der Waals surface area contributed by atoms with Crippen LogP contribution in [0.5, 0.6) is 0 Å². The molecule has 3 aliphatic heterocycles. The van der Waals surface area contributed by atoms with E-state index in [1.807, 2.05) is 12.1 Å². The molecule has 1 saturated heterocycles. The number of carbonyl (C=O) groups excluding carboxylic acids is 2. The van der Waals surface area contributed by atoms with Crippen molar-refractivity contribution in [3.05, 3.63) is 65.2 Å². The Morgan fingerprint density at radius 3 is 2.31 bits per heavy atom. The maximum Gasteiger partial charge on any atom is 0.261 e. The maximum atomic E-state index is 12.5. The van der Waals surface area contributed by atoms with Gasteiger partial charge in [0, 0.05) is 37.9 Å². The number of rotatable bonds is 5. The standard InChI is InChI=1S/C24H27N3O2/c28-23-20-8-2-3-9-21(20)24(29)27(23)14-6-5-13-25-15-16-26-19(17-25)12-11-18-7-1-4-10-22(18)26/h1-4,7-10,19H,5-6,11-17H2. The van der Waals surface area contributed by atoms with Gasteiger partial charge < -0.3 is 4.90 Å². The lowest BCUT2D eigenvalue weighted by Gasteiger charge is -2.46. The Hall–Kier alpha value is -2.66. The summed E-state index contributed by atoms with van der Waals surface area (Å²) >= 11 is 0. The number of nitrogens with zero attached hydrogens (tertiary/aromatic N) is 3. The fraction of sp³-hybridized carbons (Fsp3) is 0.417. The van der Waals surface area contributed by atoms with E-state index in [9.17, 15) is 9.59 Å². The molecular weight excluding hydrogens is 362 g/mol. The molecule has 2 aromatic rings. The molecule has 2 aromatic carbocycles. The Morgan fingerprint density at radius 2 is 1.52 bits per heavy atom. The second kappa shape index (κ2) is 7.64. The number of amides is 2. The molecular formula is C24H27N3O2. The molecule has 0 bridgehead atoms. The number of hydrogen-bond acceptors (Lipinski definition) is 4. The first-order chi connectivity index (χ1) is 14.2.